The average Bonchev–Trinajstić information content (AvgIpc) is 3.69. The van der Waals surface area contributed by atoms with E-state index in [1.807, 2.05) is 12.1 Å². The lowest BCUT2D eigenvalue weighted by Gasteiger charge is -2.47. The Morgan fingerprint density at radius 3 is 2.69 bits per heavy atom. The average molecular weight is 549 g/mol. The molecule has 0 spiro atoms. The first-order valence-corrected chi connectivity index (χ1v) is 13.9. The highest BCUT2D eigenvalue weighted by molar-refractivity contribution is 6.30. The van der Waals surface area contributed by atoms with Gasteiger partial charge in [0, 0.05) is 73.0 Å². The highest BCUT2D eigenvalue weighted by Crippen LogP contribution is 2.32. The maximum Gasteiger partial charge on any atom is 0.205 e. The van der Waals surface area contributed by atoms with Crippen molar-refractivity contribution in [3.05, 3.63) is 53.4 Å². The molecule has 11 nitrogen and oxygen atoms in total. The summed E-state index contributed by atoms with van der Waals surface area (Å²) in [6, 6.07) is 8.62. The minimum absolute atomic E-state index is 0.197. The fraction of sp³-hybridized carbons (Fsp3) is 0.444. The molecule has 2 aliphatic heterocycles. The number of rotatable bonds is 7. The molecule has 1 unspecified atom stereocenters. The van der Waals surface area contributed by atoms with E-state index in [1.165, 1.54) is 0 Å². The summed E-state index contributed by atoms with van der Waals surface area (Å²) in [6.07, 6.45) is 8.55. The molecule has 4 aromatic rings. The van der Waals surface area contributed by atoms with E-state index in [1.54, 1.807) is 24.7 Å². The van der Waals surface area contributed by atoms with Gasteiger partial charge in [-0.05, 0) is 61.3 Å². The first kappa shape index (κ1) is 25.7. The summed E-state index contributed by atoms with van der Waals surface area (Å²) in [5.74, 6) is 2.12. The summed E-state index contributed by atoms with van der Waals surface area (Å²) < 4.78 is 0. The standard InChI is InChI=1S/C27H33ClN10O/c1-2-21-17-37(27-24(39)13-19(15-31-27)25-29-7-8-30-25)11-12-38(21)22-5-9-36(10-6-22)16-18-3-4-20(28)14-23(18)26-32-34-35-33-26/h3-4,7-8,13-15,21-22,39H,2,5-6,9-12,16-17H2,1H3,(H,29,30)(H,32,33,34,35). The van der Waals surface area contributed by atoms with Crippen molar-refractivity contribution in [3.8, 4) is 28.5 Å². The molecule has 5 heterocycles. The molecular formula is C27H33ClN10O. The van der Waals surface area contributed by atoms with Gasteiger partial charge in [0.05, 0.1) is 0 Å². The molecule has 3 N–H and O–H groups in total. The first-order chi connectivity index (χ1) is 19.1. The van der Waals surface area contributed by atoms with E-state index in [-0.39, 0.29) is 5.75 Å². The van der Waals surface area contributed by atoms with Crippen LogP contribution in [0.3, 0.4) is 0 Å². The highest BCUT2D eigenvalue weighted by Gasteiger charge is 2.34. The third kappa shape index (κ3) is 5.47. The third-order valence-corrected chi connectivity index (χ3v) is 8.23. The molecule has 2 aliphatic rings. The largest absolute Gasteiger partial charge is 0.504 e. The number of halogens is 1. The van der Waals surface area contributed by atoms with E-state index in [0.29, 0.717) is 34.6 Å². The van der Waals surface area contributed by atoms with Crippen LogP contribution in [0.5, 0.6) is 5.75 Å². The molecule has 3 aromatic heterocycles. The number of H-pyrrole nitrogens is 2. The number of hydrogen-bond acceptors (Lipinski definition) is 9. The number of aromatic hydroxyl groups is 1. The zero-order chi connectivity index (χ0) is 26.8. The number of pyridine rings is 1. The van der Waals surface area contributed by atoms with Crippen LogP contribution >= 0.6 is 11.6 Å². The molecule has 1 aromatic carbocycles. The Morgan fingerprint density at radius 2 is 1.97 bits per heavy atom. The fourth-order valence-electron chi connectivity index (χ4n) is 5.97. The summed E-state index contributed by atoms with van der Waals surface area (Å²) >= 11 is 6.26. The van der Waals surface area contributed by atoms with Gasteiger partial charge in [0.25, 0.3) is 0 Å². The second-order valence-electron chi connectivity index (χ2n) is 10.3. The Kier molecular flexibility index (Phi) is 7.45. The van der Waals surface area contributed by atoms with Crippen LogP contribution in [0.15, 0.2) is 42.9 Å². The van der Waals surface area contributed by atoms with Crippen molar-refractivity contribution in [2.45, 2.75) is 44.8 Å². The van der Waals surface area contributed by atoms with Crippen molar-refractivity contribution in [1.29, 1.82) is 0 Å². The Balaban J connectivity index is 1.07. The molecule has 0 saturated carbocycles. The van der Waals surface area contributed by atoms with Gasteiger partial charge < -0.3 is 15.0 Å². The molecule has 2 saturated heterocycles. The van der Waals surface area contributed by atoms with Crippen LogP contribution in [0.25, 0.3) is 22.8 Å². The number of nitrogens with zero attached hydrogens (tertiary/aromatic N) is 8. The van der Waals surface area contributed by atoms with Crippen molar-refractivity contribution < 1.29 is 5.11 Å². The molecule has 39 heavy (non-hydrogen) atoms. The number of likely N-dealkylation sites (tertiary alicyclic amines) is 1. The summed E-state index contributed by atoms with van der Waals surface area (Å²) in [5, 5.41) is 26.0. The van der Waals surface area contributed by atoms with Gasteiger partial charge in [0.2, 0.25) is 5.82 Å². The topological polar surface area (TPSA) is 126 Å². The second kappa shape index (κ2) is 11.3. The molecule has 12 heteroatoms. The van der Waals surface area contributed by atoms with E-state index in [4.69, 9.17) is 11.6 Å². The van der Waals surface area contributed by atoms with Gasteiger partial charge >= 0.3 is 0 Å². The molecule has 0 amide bonds. The van der Waals surface area contributed by atoms with Crippen LogP contribution in [-0.4, -0.2) is 95.3 Å². The van der Waals surface area contributed by atoms with Gasteiger partial charge in [-0.1, -0.05) is 24.6 Å². The van der Waals surface area contributed by atoms with Gasteiger partial charge in [0.15, 0.2) is 11.6 Å². The second-order valence-corrected chi connectivity index (χ2v) is 10.7. The molecule has 204 valence electrons. The summed E-state index contributed by atoms with van der Waals surface area (Å²) in [4.78, 5) is 19.4. The maximum atomic E-state index is 10.8. The Morgan fingerprint density at radius 1 is 1.10 bits per heavy atom. The van der Waals surface area contributed by atoms with Gasteiger partial charge in [-0.2, -0.15) is 5.21 Å². The number of imidazole rings is 1. The number of anilines is 1. The maximum absolute atomic E-state index is 10.8. The monoisotopic (exact) mass is 548 g/mol. The van der Waals surface area contributed by atoms with E-state index in [0.717, 1.165) is 75.2 Å². The minimum Gasteiger partial charge on any atom is -0.504 e. The zero-order valence-corrected chi connectivity index (χ0v) is 22.7. The predicted molar refractivity (Wildman–Crippen MR) is 149 cm³/mol. The quantitative estimate of drug-likeness (QED) is 0.317. The molecule has 1 atom stereocenters. The Bertz CT molecular complexity index is 1370. The van der Waals surface area contributed by atoms with Gasteiger partial charge in [-0.3, -0.25) is 9.80 Å². The number of piperidine rings is 1. The lowest BCUT2D eigenvalue weighted by atomic mass is 9.97. The Hall–Kier alpha value is -3.54. The SMILES string of the molecule is CCC1CN(c2ncc(-c3ncc[nH]3)cc2O)CCN1C1CCN(Cc2ccc(Cl)cc2-c2nn[nH]n2)CC1. The zero-order valence-electron chi connectivity index (χ0n) is 22.0. The number of benzene rings is 1. The fourth-order valence-corrected chi connectivity index (χ4v) is 6.14. The first-order valence-electron chi connectivity index (χ1n) is 13.5. The van der Waals surface area contributed by atoms with Crippen LogP contribution in [0, 0.1) is 0 Å². The number of hydrogen-bond donors (Lipinski definition) is 3. The Labute approximate surface area is 232 Å². The van der Waals surface area contributed by atoms with Crippen LogP contribution in [0.2, 0.25) is 5.02 Å². The van der Waals surface area contributed by atoms with Crippen molar-refractivity contribution >= 4 is 17.4 Å². The number of piperazine rings is 1. The molecule has 6 rings (SSSR count). The molecule has 0 radical (unpaired) electrons. The summed E-state index contributed by atoms with van der Waals surface area (Å²) in [7, 11) is 0. The van der Waals surface area contributed by atoms with Crippen molar-refractivity contribution in [2.75, 3.05) is 37.6 Å². The van der Waals surface area contributed by atoms with Gasteiger partial charge in [-0.15, -0.1) is 10.2 Å². The lowest BCUT2D eigenvalue weighted by Crippen LogP contribution is -2.58. The van der Waals surface area contributed by atoms with Crippen LogP contribution < -0.4 is 4.90 Å². The molecule has 0 bridgehead atoms. The predicted octanol–water partition coefficient (Wildman–Crippen LogP) is 3.58. The lowest BCUT2D eigenvalue weighted by molar-refractivity contribution is 0.0610. The summed E-state index contributed by atoms with van der Waals surface area (Å²) in [6.45, 7) is 7.81. The third-order valence-electron chi connectivity index (χ3n) is 8.00. The van der Waals surface area contributed by atoms with E-state index < -0.39 is 0 Å². The minimum atomic E-state index is 0.197. The summed E-state index contributed by atoms with van der Waals surface area (Å²) in [5.41, 5.74) is 2.86. The number of tetrazole rings is 1. The van der Waals surface area contributed by atoms with Crippen LogP contribution in [0.4, 0.5) is 5.82 Å². The van der Waals surface area contributed by atoms with Gasteiger partial charge in [0.1, 0.15) is 5.82 Å². The number of aromatic amines is 2. The van der Waals surface area contributed by atoms with E-state index in [2.05, 4.69) is 63.3 Å². The smallest absolute Gasteiger partial charge is 0.205 e. The van der Waals surface area contributed by atoms with Crippen molar-refractivity contribution in [3.63, 3.8) is 0 Å². The molecule has 2 fully saturated rings. The van der Waals surface area contributed by atoms with Crippen LogP contribution in [-0.2, 0) is 6.54 Å². The number of nitrogens with one attached hydrogen (secondary N) is 2. The molecular weight excluding hydrogens is 516 g/mol. The van der Waals surface area contributed by atoms with E-state index >= 15 is 0 Å². The molecule has 0 aliphatic carbocycles. The highest BCUT2D eigenvalue weighted by atomic mass is 35.5. The van der Waals surface area contributed by atoms with Crippen molar-refractivity contribution in [1.82, 2.24) is 45.4 Å². The number of aromatic nitrogens is 7. The normalized spacial score (nSPS) is 19.5. The van der Waals surface area contributed by atoms with Crippen molar-refractivity contribution in [2.24, 2.45) is 0 Å². The van der Waals surface area contributed by atoms with E-state index in [9.17, 15) is 5.11 Å². The van der Waals surface area contributed by atoms with Gasteiger partial charge in [-0.25, -0.2) is 9.97 Å². The van der Waals surface area contributed by atoms with Crippen LogP contribution in [0.1, 0.15) is 31.7 Å².